The zero-order chi connectivity index (χ0) is 23.0. The van der Waals surface area contributed by atoms with Gasteiger partial charge in [-0.3, -0.25) is 4.79 Å². The lowest BCUT2D eigenvalue weighted by Gasteiger charge is -2.32. The van der Waals surface area contributed by atoms with E-state index >= 15 is 0 Å². The fourth-order valence-corrected chi connectivity index (χ4v) is 7.22. The maximum Gasteiger partial charge on any atom is 0.410 e. The molecule has 1 fully saturated rings. The second kappa shape index (κ2) is 8.78. The van der Waals surface area contributed by atoms with Gasteiger partial charge < -0.3 is 14.4 Å². The molecule has 170 valence electrons. The van der Waals surface area contributed by atoms with Crippen LogP contribution >= 0.6 is 27.3 Å². The summed E-state index contributed by atoms with van der Waals surface area (Å²) in [6, 6.07) is 3.49. The van der Waals surface area contributed by atoms with Crippen LogP contribution in [0.25, 0.3) is 0 Å². The number of thiophene rings is 1. The van der Waals surface area contributed by atoms with E-state index in [1.165, 1.54) is 16.2 Å². The van der Waals surface area contributed by atoms with Gasteiger partial charge in [-0.05, 0) is 76.0 Å². The molecule has 0 spiro atoms. The van der Waals surface area contributed by atoms with Crippen molar-refractivity contribution in [1.29, 1.82) is 0 Å². The van der Waals surface area contributed by atoms with Crippen LogP contribution in [0.4, 0.5) is 4.79 Å². The highest BCUT2D eigenvalue weighted by Crippen LogP contribution is 2.44. The Morgan fingerprint density at radius 1 is 1.10 bits per heavy atom. The molecule has 1 aliphatic heterocycles. The van der Waals surface area contributed by atoms with E-state index < -0.39 is 37.8 Å². The Labute approximate surface area is 191 Å². The molecule has 0 saturated carbocycles. The Hall–Kier alpha value is -1.13. The molecule has 1 aliphatic rings. The molecule has 0 radical (unpaired) electrons. The Kier molecular flexibility index (Phi) is 7.36. The van der Waals surface area contributed by atoms with Gasteiger partial charge in [0.1, 0.15) is 15.9 Å². The molecule has 2 rings (SSSR count). The summed E-state index contributed by atoms with van der Waals surface area (Å²) >= 11 is 4.67. The Morgan fingerprint density at radius 2 is 1.70 bits per heavy atom. The van der Waals surface area contributed by atoms with Gasteiger partial charge in [-0.15, -0.1) is 11.3 Å². The van der Waals surface area contributed by atoms with E-state index in [-0.39, 0.29) is 31.7 Å². The molecule has 1 atom stereocenters. The lowest BCUT2D eigenvalue weighted by Crippen LogP contribution is -2.40. The van der Waals surface area contributed by atoms with Crippen LogP contribution in [0, 0.1) is 0 Å². The van der Waals surface area contributed by atoms with E-state index in [2.05, 4.69) is 15.9 Å². The summed E-state index contributed by atoms with van der Waals surface area (Å²) in [5.74, 6) is -0.841. The number of halogens is 1. The molecule has 0 bridgehead atoms. The van der Waals surface area contributed by atoms with Crippen LogP contribution in [0.2, 0.25) is 0 Å². The molecular formula is C20H30BrNO6S2. The van der Waals surface area contributed by atoms with Crippen molar-refractivity contribution in [3.8, 4) is 0 Å². The van der Waals surface area contributed by atoms with Crippen molar-refractivity contribution in [3.63, 3.8) is 0 Å². The van der Waals surface area contributed by atoms with E-state index in [0.717, 1.165) is 3.79 Å². The van der Waals surface area contributed by atoms with Crippen LogP contribution in [0.1, 0.15) is 59.3 Å². The van der Waals surface area contributed by atoms with Gasteiger partial charge in [0.2, 0.25) is 0 Å². The predicted octanol–water partition coefficient (Wildman–Crippen LogP) is 4.49. The number of rotatable bonds is 3. The average Bonchev–Trinajstić information content (AvgIpc) is 2.91. The maximum atomic E-state index is 13.5. The van der Waals surface area contributed by atoms with Crippen LogP contribution in [0.3, 0.4) is 0 Å². The van der Waals surface area contributed by atoms with Crippen LogP contribution in [-0.2, 0) is 28.9 Å². The first kappa shape index (κ1) is 25.1. The molecule has 0 aromatic carbocycles. The number of esters is 1. The molecule has 10 heteroatoms. The number of hydrogen-bond acceptors (Lipinski definition) is 7. The largest absolute Gasteiger partial charge is 0.460 e. The Bertz CT molecular complexity index is 897. The zero-order valence-corrected chi connectivity index (χ0v) is 21.5. The Balaban J connectivity index is 2.42. The minimum absolute atomic E-state index is 0.0138. The third-order valence-corrected chi connectivity index (χ3v) is 8.97. The number of sulfone groups is 1. The van der Waals surface area contributed by atoms with Gasteiger partial charge in [-0.25, -0.2) is 13.2 Å². The number of ether oxygens (including phenoxy) is 2. The quantitative estimate of drug-likeness (QED) is 0.542. The van der Waals surface area contributed by atoms with Crippen LogP contribution in [-0.4, -0.2) is 55.4 Å². The molecular weight excluding hydrogens is 494 g/mol. The van der Waals surface area contributed by atoms with E-state index in [1.54, 1.807) is 53.7 Å². The van der Waals surface area contributed by atoms with Gasteiger partial charge >= 0.3 is 12.1 Å². The molecule has 0 N–H and O–H groups in total. The fourth-order valence-electron chi connectivity index (χ4n) is 3.25. The second-order valence-electron chi connectivity index (χ2n) is 9.40. The summed E-state index contributed by atoms with van der Waals surface area (Å²) in [6.45, 7) is 10.7. The standard InChI is InChI=1S/C20H30BrNO6S2/c1-18(2,3)27-16(23)13-20(14-7-8-15(21)29-14)9-10-22(11-12-30(20,25)26)17(24)28-19(4,5)6/h7-8H,9-13H2,1-6H3/t20-/m0/s1. The molecule has 2 heterocycles. The van der Waals surface area contributed by atoms with Gasteiger partial charge in [-0.2, -0.15) is 0 Å². The van der Waals surface area contributed by atoms with Crippen molar-refractivity contribution in [2.75, 3.05) is 18.8 Å². The summed E-state index contributed by atoms with van der Waals surface area (Å²) in [5, 5.41) is 0. The van der Waals surface area contributed by atoms with E-state index in [9.17, 15) is 18.0 Å². The summed E-state index contributed by atoms with van der Waals surface area (Å²) in [6.07, 6.45) is -0.777. The molecule has 7 nitrogen and oxygen atoms in total. The molecule has 1 saturated heterocycles. The van der Waals surface area contributed by atoms with Gasteiger partial charge in [0.25, 0.3) is 0 Å². The highest BCUT2D eigenvalue weighted by atomic mass is 79.9. The molecule has 1 aromatic rings. The minimum atomic E-state index is -3.78. The number of amides is 1. The van der Waals surface area contributed by atoms with Crippen LogP contribution in [0.15, 0.2) is 15.9 Å². The topological polar surface area (TPSA) is 90.0 Å². The summed E-state index contributed by atoms with van der Waals surface area (Å²) in [7, 11) is -3.78. The molecule has 1 aromatic heterocycles. The zero-order valence-electron chi connectivity index (χ0n) is 18.3. The highest BCUT2D eigenvalue weighted by molar-refractivity contribution is 9.11. The second-order valence-corrected chi connectivity index (χ2v) is 14.3. The monoisotopic (exact) mass is 523 g/mol. The first-order chi connectivity index (χ1) is 13.5. The van der Waals surface area contributed by atoms with Gasteiger partial charge in [0.15, 0.2) is 9.84 Å². The van der Waals surface area contributed by atoms with Crippen molar-refractivity contribution in [2.24, 2.45) is 0 Å². The maximum absolute atomic E-state index is 13.5. The van der Waals surface area contributed by atoms with Crippen molar-refractivity contribution in [1.82, 2.24) is 4.90 Å². The molecule has 0 aliphatic carbocycles. The fraction of sp³-hybridized carbons (Fsp3) is 0.700. The van der Waals surface area contributed by atoms with E-state index in [4.69, 9.17) is 9.47 Å². The number of nitrogens with zero attached hydrogens (tertiary/aromatic N) is 1. The summed E-state index contributed by atoms with van der Waals surface area (Å²) in [4.78, 5) is 27.2. The minimum Gasteiger partial charge on any atom is -0.460 e. The number of carbonyl (C=O) groups excluding carboxylic acids is 2. The van der Waals surface area contributed by atoms with Crippen molar-refractivity contribution < 1.29 is 27.5 Å². The molecule has 0 unspecified atom stereocenters. The third kappa shape index (κ3) is 6.20. The summed E-state index contributed by atoms with van der Waals surface area (Å²) < 4.78 is 37.2. The third-order valence-electron chi connectivity index (χ3n) is 4.53. The van der Waals surface area contributed by atoms with Gasteiger partial charge in [-0.1, -0.05) is 0 Å². The number of carbonyl (C=O) groups is 2. The van der Waals surface area contributed by atoms with E-state index in [0.29, 0.717) is 4.88 Å². The van der Waals surface area contributed by atoms with Gasteiger partial charge in [0.05, 0.1) is 16.0 Å². The molecule has 30 heavy (non-hydrogen) atoms. The lowest BCUT2D eigenvalue weighted by atomic mass is 9.97. The van der Waals surface area contributed by atoms with Crippen LogP contribution in [0.5, 0.6) is 0 Å². The SMILES string of the molecule is CC(C)(C)OC(=O)C[C@]1(c2ccc(Br)s2)CCN(C(=O)OC(C)(C)C)CCS1(=O)=O. The summed E-state index contributed by atoms with van der Waals surface area (Å²) in [5.41, 5.74) is -1.42. The number of hydrogen-bond donors (Lipinski definition) is 0. The lowest BCUT2D eigenvalue weighted by molar-refractivity contribution is -0.155. The first-order valence-electron chi connectivity index (χ1n) is 9.73. The van der Waals surface area contributed by atoms with Crippen molar-refractivity contribution in [2.45, 2.75) is 70.3 Å². The highest BCUT2D eigenvalue weighted by Gasteiger charge is 2.50. The smallest absolute Gasteiger partial charge is 0.410 e. The van der Waals surface area contributed by atoms with Crippen molar-refractivity contribution >= 4 is 49.2 Å². The van der Waals surface area contributed by atoms with Crippen molar-refractivity contribution in [3.05, 3.63) is 20.8 Å². The van der Waals surface area contributed by atoms with Gasteiger partial charge in [0, 0.05) is 18.0 Å². The van der Waals surface area contributed by atoms with Crippen LogP contribution < -0.4 is 0 Å². The molecule has 1 amide bonds. The van der Waals surface area contributed by atoms with E-state index in [1.807, 2.05) is 0 Å². The predicted molar refractivity (Wildman–Crippen MR) is 120 cm³/mol. The Morgan fingerprint density at radius 3 is 2.20 bits per heavy atom. The normalized spacial score (nSPS) is 22.3. The first-order valence-corrected chi connectivity index (χ1v) is 13.0. The average molecular weight is 524 g/mol.